The van der Waals surface area contributed by atoms with E-state index in [0.717, 1.165) is 31.2 Å². The van der Waals surface area contributed by atoms with Crippen LogP contribution in [0.15, 0.2) is 11.4 Å². The molecule has 0 aliphatic heterocycles. The van der Waals surface area contributed by atoms with Crippen LogP contribution in [0.25, 0.3) is 0 Å². The summed E-state index contributed by atoms with van der Waals surface area (Å²) in [6.45, 7) is 1.05. The molecule has 2 rings (SSSR count). The average Bonchev–Trinajstić information content (AvgIpc) is 2.72. The summed E-state index contributed by atoms with van der Waals surface area (Å²) in [4.78, 5) is 11.4. The van der Waals surface area contributed by atoms with Gasteiger partial charge in [0.25, 0.3) is 0 Å². The fourth-order valence-corrected chi connectivity index (χ4v) is 3.42. The molecule has 1 aromatic heterocycles. The lowest BCUT2D eigenvalue weighted by atomic mass is 9.94. The van der Waals surface area contributed by atoms with E-state index in [-0.39, 0.29) is 0 Å². The number of rotatable bonds is 5. The molecule has 3 N–H and O–H groups in total. The van der Waals surface area contributed by atoms with E-state index in [2.05, 4.69) is 5.32 Å². The van der Waals surface area contributed by atoms with Crippen molar-refractivity contribution in [1.82, 2.24) is 5.32 Å². The summed E-state index contributed by atoms with van der Waals surface area (Å²) in [6, 6.07) is 1.83. The van der Waals surface area contributed by atoms with Gasteiger partial charge >= 0.3 is 5.97 Å². The van der Waals surface area contributed by atoms with Crippen molar-refractivity contribution in [2.24, 2.45) is 0 Å². The normalized spacial score (nSPS) is 19.0. The second-order valence-corrected chi connectivity index (χ2v) is 6.24. The zero-order valence-corrected chi connectivity index (χ0v) is 11.8. The molecule has 1 aliphatic rings. The molecule has 0 unspecified atom stereocenters. The van der Waals surface area contributed by atoms with Crippen molar-refractivity contribution in [3.63, 3.8) is 0 Å². The lowest BCUT2D eigenvalue weighted by Crippen LogP contribution is -2.40. The molecule has 0 amide bonds. The van der Waals surface area contributed by atoms with Gasteiger partial charge in [-0.2, -0.15) is 0 Å². The van der Waals surface area contributed by atoms with Crippen molar-refractivity contribution in [2.75, 3.05) is 6.54 Å². The highest BCUT2D eigenvalue weighted by Gasteiger charge is 2.27. The predicted molar refractivity (Wildman–Crippen MR) is 75.6 cm³/mol. The van der Waals surface area contributed by atoms with Crippen molar-refractivity contribution < 1.29 is 15.0 Å². The van der Waals surface area contributed by atoms with Crippen LogP contribution in [0.4, 0.5) is 0 Å². The number of thiophene rings is 1. The third-order valence-electron chi connectivity index (χ3n) is 3.74. The van der Waals surface area contributed by atoms with Crippen molar-refractivity contribution in [2.45, 2.75) is 50.7 Å². The molecular formula is C14H21NO3S. The Labute approximate surface area is 117 Å². The molecular weight excluding hydrogens is 262 g/mol. The van der Waals surface area contributed by atoms with E-state index >= 15 is 0 Å². The molecule has 0 atom stereocenters. The van der Waals surface area contributed by atoms with Crippen molar-refractivity contribution >= 4 is 17.3 Å². The van der Waals surface area contributed by atoms with Gasteiger partial charge in [-0.25, -0.2) is 4.79 Å². The minimum atomic E-state index is -0.875. The first-order valence-corrected chi connectivity index (χ1v) is 7.71. The number of aromatic carboxylic acids is 1. The summed E-state index contributed by atoms with van der Waals surface area (Å²) in [6.07, 6.45) is 6.25. The number of hydrogen-bond acceptors (Lipinski definition) is 4. The third kappa shape index (κ3) is 4.03. The van der Waals surface area contributed by atoms with Gasteiger partial charge < -0.3 is 15.5 Å². The zero-order valence-electron chi connectivity index (χ0n) is 11.0. The first-order chi connectivity index (χ1) is 9.11. The van der Waals surface area contributed by atoms with Crippen LogP contribution >= 0.6 is 11.3 Å². The van der Waals surface area contributed by atoms with Crippen LogP contribution < -0.4 is 5.32 Å². The maximum absolute atomic E-state index is 11.0. The number of carboxylic acid groups (broad SMARTS) is 1. The van der Waals surface area contributed by atoms with Gasteiger partial charge in [-0.15, -0.1) is 11.3 Å². The highest BCUT2D eigenvalue weighted by Crippen LogP contribution is 2.26. The largest absolute Gasteiger partial charge is 0.477 e. The Bertz CT molecular complexity index is 422. The Hall–Kier alpha value is -0.910. The topological polar surface area (TPSA) is 69.6 Å². The molecule has 1 saturated carbocycles. The van der Waals surface area contributed by atoms with Gasteiger partial charge in [-0.3, -0.25) is 0 Å². The van der Waals surface area contributed by atoms with E-state index in [0.29, 0.717) is 18.0 Å². The molecule has 1 heterocycles. The van der Waals surface area contributed by atoms with Gasteiger partial charge in [0, 0.05) is 13.1 Å². The van der Waals surface area contributed by atoms with Gasteiger partial charge in [0.15, 0.2) is 0 Å². The maximum atomic E-state index is 11.0. The number of carbonyl (C=O) groups is 1. The fraction of sp³-hybridized carbons (Fsp3) is 0.643. The van der Waals surface area contributed by atoms with Crippen molar-refractivity contribution in [3.05, 3.63) is 21.9 Å². The Kier molecular flexibility index (Phi) is 4.96. The number of aliphatic hydroxyl groups is 1. The lowest BCUT2D eigenvalue weighted by Gasteiger charge is -2.27. The van der Waals surface area contributed by atoms with E-state index in [9.17, 15) is 9.90 Å². The second-order valence-electron chi connectivity index (χ2n) is 5.32. The molecule has 5 heteroatoms. The molecule has 0 aromatic carbocycles. The lowest BCUT2D eigenvalue weighted by molar-refractivity contribution is 0.0250. The Morgan fingerprint density at radius 1 is 1.32 bits per heavy atom. The predicted octanol–water partition coefficient (Wildman–Crippen LogP) is 2.62. The molecule has 1 aliphatic carbocycles. The SMILES string of the molecule is O=C(O)c1sccc1CNCC1(O)CCCCCC1. The van der Waals surface area contributed by atoms with Crippen molar-refractivity contribution in [1.29, 1.82) is 0 Å². The number of hydrogen-bond donors (Lipinski definition) is 3. The molecule has 1 fully saturated rings. The van der Waals surface area contributed by atoms with Crippen LogP contribution in [0, 0.1) is 0 Å². The second kappa shape index (κ2) is 6.50. The van der Waals surface area contributed by atoms with E-state index in [1.807, 2.05) is 6.07 Å². The quantitative estimate of drug-likeness (QED) is 0.727. The van der Waals surface area contributed by atoms with Gasteiger partial charge in [0.05, 0.1) is 5.60 Å². The van der Waals surface area contributed by atoms with E-state index in [1.165, 1.54) is 24.2 Å². The van der Waals surface area contributed by atoms with Crippen LogP contribution in [0.1, 0.15) is 53.8 Å². The number of nitrogens with one attached hydrogen (secondary N) is 1. The van der Waals surface area contributed by atoms with Crippen LogP contribution in [0.5, 0.6) is 0 Å². The summed E-state index contributed by atoms with van der Waals surface area (Å²) < 4.78 is 0. The van der Waals surface area contributed by atoms with Gasteiger partial charge in [0.2, 0.25) is 0 Å². The first kappa shape index (κ1) is 14.5. The Balaban J connectivity index is 1.85. The fourth-order valence-electron chi connectivity index (χ4n) is 2.66. The maximum Gasteiger partial charge on any atom is 0.346 e. The monoisotopic (exact) mass is 283 g/mol. The highest BCUT2D eigenvalue weighted by atomic mass is 32.1. The molecule has 0 spiro atoms. The standard InChI is InChI=1S/C14H21NO3S/c16-13(17)12-11(5-8-19-12)9-15-10-14(18)6-3-1-2-4-7-14/h5,8,15,18H,1-4,6-7,9-10H2,(H,16,17). The smallest absolute Gasteiger partial charge is 0.346 e. The molecule has 106 valence electrons. The van der Waals surface area contributed by atoms with E-state index in [1.54, 1.807) is 5.38 Å². The molecule has 19 heavy (non-hydrogen) atoms. The summed E-state index contributed by atoms with van der Waals surface area (Å²) in [7, 11) is 0. The molecule has 0 radical (unpaired) electrons. The Morgan fingerprint density at radius 3 is 2.63 bits per heavy atom. The summed E-state index contributed by atoms with van der Waals surface area (Å²) in [5, 5.41) is 24.5. The Morgan fingerprint density at radius 2 is 2.00 bits per heavy atom. The van der Waals surface area contributed by atoms with Crippen LogP contribution in [0.3, 0.4) is 0 Å². The minimum absolute atomic E-state index is 0.389. The molecule has 0 saturated heterocycles. The number of carboxylic acids is 1. The highest BCUT2D eigenvalue weighted by molar-refractivity contribution is 7.12. The molecule has 4 nitrogen and oxygen atoms in total. The van der Waals surface area contributed by atoms with Crippen LogP contribution in [-0.2, 0) is 6.54 Å². The van der Waals surface area contributed by atoms with Gasteiger partial charge in [0.1, 0.15) is 4.88 Å². The van der Waals surface area contributed by atoms with Gasteiger partial charge in [-0.1, -0.05) is 25.7 Å². The first-order valence-electron chi connectivity index (χ1n) is 6.83. The minimum Gasteiger partial charge on any atom is -0.477 e. The molecule has 1 aromatic rings. The summed E-state index contributed by atoms with van der Waals surface area (Å²) >= 11 is 1.24. The van der Waals surface area contributed by atoms with Crippen molar-refractivity contribution in [3.8, 4) is 0 Å². The third-order valence-corrected chi connectivity index (χ3v) is 4.69. The van der Waals surface area contributed by atoms with Crippen LogP contribution in [-0.4, -0.2) is 28.3 Å². The zero-order chi connectivity index (χ0) is 13.7. The summed E-state index contributed by atoms with van der Waals surface area (Å²) in [5.74, 6) is -0.875. The van der Waals surface area contributed by atoms with E-state index < -0.39 is 11.6 Å². The summed E-state index contributed by atoms with van der Waals surface area (Å²) in [5.41, 5.74) is 0.185. The van der Waals surface area contributed by atoms with Crippen LogP contribution in [0.2, 0.25) is 0 Å². The molecule has 0 bridgehead atoms. The van der Waals surface area contributed by atoms with Gasteiger partial charge in [-0.05, 0) is 29.9 Å². The van der Waals surface area contributed by atoms with E-state index in [4.69, 9.17) is 5.11 Å². The average molecular weight is 283 g/mol.